The molecule has 1 unspecified atom stereocenters. The maximum Gasteiger partial charge on any atom is 0.123 e. The van der Waals surface area contributed by atoms with Gasteiger partial charge in [0.15, 0.2) is 0 Å². The van der Waals surface area contributed by atoms with Crippen LogP contribution in [-0.2, 0) is 12.0 Å². The van der Waals surface area contributed by atoms with Crippen LogP contribution in [0.1, 0.15) is 23.6 Å². The van der Waals surface area contributed by atoms with E-state index in [1.165, 1.54) is 12.1 Å². The fourth-order valence-electron chi connectivity index (χ4n) is 2.13. The number of aliphatic hydroxyl groups is 1. The smallest absolute Gasteiger partial charge is 0.123 e. The van der Waals surface area contributed by atoms with Gasteiger partial charge >= 0.3 is 0 Å². The van der Waals surface area contributed by atoms with Crippen molar-refractivity contribution in [3.8, 4) is 0 Å². The summed E-state index contributed by atoms with van der Waals surface area (Å²) in [6, 6.07) is 14.2. The summed E-state index contributed by atoms with van der Waals surface area (Å²) >= 11 is 0. The second-order valence-electron chi connectivity index (χ2n) is 4.89. The minimum Gasteiger partial charge on any atom is -0.385 e. The van der Waals surface area contributed by atoms with Gasteiger partial charge < -0.3 is 5.11 Å². The van der Waals surface area contributed by atoms with Crippen LogP contribution in [0.25, 0.3) is 0 Å². The number of aryl methyl sites for hydroxylation is 1. The van der Waals surface area contributed by atoms with E-state index in [4.69, 9.17) is 0 Å². The Hall–Kier alpha value is -1.67. The molecule has 0 aliphatic heterocycles. The molecular weight excluding hydrogens is 227 g/mol. The maximum absolute atomic E-state index is 13.0. The average molecular weight is 244 g/mol. The molecule has 0 aliphatic rings. The molecule has 0 aliphatic carbocycles. The first-order valence-corrected chi connectivity index (χ1v) is 6.02. The second-order valence-corrected chi connectivity index (χ2v) is 4.89. The van der Waals surface area contributed by atoms with E-state index in [1.807, 2.05) is 37.3 Å². The molecule has 0 aromatic heterocycles. The third-order valence-electron chi connectivity index (χ3n) is 3.24. The van der Waals surface area contributed by atoms with Gasteiger partial charge in [0.05, 0.1) is 5.60 Å². The molecule has 18 heavy (non-hydrogen) atoms. The number of hydrogen-bond donors (Lipinski definition) is 1. The van der Waals surface area contributed by atoms with Crippen LogP contribution >= 0.6 is 0 Å². The first-order chi connectivity index (χ1) is 8.49. The summed E-state index contributed by atoms with van der Waals surface area (Å²) in [5, 5.41) is 10.5. The molecule has 0 amide bonds. The van der Waals surface area contributed by atoms with Crippen LogP contribution in [0.15, 0.2) is 48.5 Å². The summed E-state index contributed by atoms with van der Waals surface area (Å²) in [7, 11) is 0. The Morgan fingerprint density at radius 2 is 1.78 bits per heavy atom. The van der Waals surface area contributed by atoms with Gasteiger partial charge in [-0.1, -0.05) is 36.4 Å². The fraction of sp³-hybridized carbons (Fsp3) is 0.250. The normalized spacial score (nSPS) is 14.2. The van der Waals surface area contributed by atoms with Gasteiger partial charge in [0.1, 0.15) is 5.82 Å². The largest absolute Gasteiger partial charge is 0.385 e. The third-order valence-corrected chi connectivity index (χ3v) is 3.24. The quantitative estimate of drug-likeness (QED) is 0.875. The topological polar surface area (TPSA) is 20.2 Å². The highest BCUT2D eigenvalue weighted by Gasteiger charge is 2.23. The van der Waals surface area contributed by atoms with E-state index in [0.29, 0.717) is 6.42 Å². The third kappa shape index (κ3) is 2.77. The second kappa shape index (κ2) is 4.91. The van der Waals surface area contributed by atoms with Crippen molar-refractivity contribution in [1.29, 1.82) is 0 Å². The highest BCUT2D eigenvalue weighted by molar-refractivity contribution is 5.31. The molecule has 0 heterocycles. The van der Waals surface area contributed by atoms with Crippen molar-refractivity contribution in [2.75, 3.05) is 0 Å². The standard InChI is InChI=1S/C16H17FO/c1-12-10-15(17)9-8-13(12)11-16(2,18)14-6-4-3-5-7-14/h3-10,18H,11H2,1-2H3. The van der Waals surface area contributed by atoms with E-state index < -0.39 is 5.60 Å². The minimum absolute atomic E-state index is 0.240. The van der Waals surface area contributed by atoms with Crippen LogP contribution in [0.5, 0.6) is 0 Å². The molecule has 0 spiro atoms. The van der Waals surface area contributed by atoms with Crippen LogP contribution in [0.3, 0.4) is 0 Å². The molecule has 2 heteroatoms. The van der Waals surface area contributed by atoms with Crippen molar-refractivity contribution in [3.63, 3.8) is 0 Å². The van der Waals surface area contributed by atoms with Gasteiger partial charge in [-0.2, -0.15) is 0 Å². The molecule has 0 saturated heterocycles. The van der Waals surface area contributed by atoms with Crippen molar-refractivity contribution in [2.45, 2.75) is 25.9 Å². The van der Waals surface area contributed by atoms with Crippen LogP contribution in [-0.4, -0.2) is 5.11 Å². The lowest BCUT2D eigenvalue weighted by Crippen LogP contribution is -2.24. The van der Waals surface area contributed by atoms with Gasteiger partial charge in [0.2, 0.25) is 0 Å². The Bertz CT molecular complexity index is 532. The molecular formula is C16H17FO. The van der Waals surface area contributed by atoms with Gasteiger partial charge in [-0.3, -0.25) is 0 Å². The highest BCUT2D eigenvalue weighted by atomic mass is 19.1. The van der Waals surface area contributed by atoms with Gasteiger partial charge in [0.25, 0.3) is 0 Å². The number of hydrogen-bond acceptors (Lipinski definition) is 1. The van der Waals surface area contributed by atoms with Crippen LogP contribution in [0.4, 0.5) is 4.39 Å². The van der Waals surface area contributed by atoms with Crippen molar-refractivity contribution in [1.82, 2.24) is 0 Å². The predicted octanol–water partition coefficient (Wildman–Crippen LogP) is 3.58. The first kappa shape index (κ1) is 12.8. The fourth-order valence-corrected chi connectivity index (χ4v) is 2.13. The average Bonchev–Trinajstić information content (AvgIpc) is 2.34. The summed E-state index contributed by atoms with van der Waals surface area (Å²) in [6.45, 7) is 3.64. The Labute approximate surface area is 107 Å². The summed E-state index contributed by atoms with van der Waals surface area (Å²) in [4.78, 5) is 0. The zero-order valence-electron chi connectivity index (χ0n) is 10.7. The van der Waals surface area contributed by atoms with E-state index in [1.54, 1.807) is 13.0 Å². The number of benzene rings is 2. The van der Waals surface area contributed by atoms with E-state index in [2.05, 4.69) is 0 Å². The van der Waals surface area contributed by atoms with Crippen molar-refractivity contribution < 1.29 is 9.50 Å². The van der Waals surface area contributed by atoms with Gasteiger partial charge in [0, 0.05) is 6.42 Å². The lowest BCUT2D eigenvalue weighted by Gasteiger charge is -2.24. The zero-order chi connectivity index (χ0) is 13.2. The highest BCUT2D eigenvalue weighted by Crippen LogP contribution is 2.26. The molecule has 0 bridgehead atoms. The van der Waals surface area contributed by atoms with Crippen molar-refractivity contribution in [3.05, 3.63) is 71.0 Å². The van der Waals surface area contributed by atoms with E-state index in [-0.39, 0.29) is 5.82 Å². The lowest BCUT2D eigenvalue weighted by molar-refractivity contribution is 0.0574. The molecule has 0 fully saturated rings. The SMILES string of the molecule is Cc1cc(F)ccc1CC(C)(O)c1ccccc1. The Balaban J connectivity index is 2.28. The monoisotopic (exact) mass is 244 g/mol. The molecule has 2 aromatic rings. The molecule has 1 nitrogen and oxygen atoms in total. The van der Waals surface area contributed by atoms with Crippen molar-refractivity contribution >= 4 is 0 Å². The number of halogens is 1. The molecule has 1 atom stereocenters. The summed E-state index contributed by atoms with van der Waals surface area (Å²) < 4.78 is 13.0. The van der Waals surface area contributed by atoms with Gasteiger partial charge in [-0.05, 0) is 42.7 Å². The van der Waals surface area contributed by atoms with E-state index in [0.717, 1.165) is 16.7 Å². The summed E-state index contributed by atoms with van der Waals surface area (Å²) in [5.41, 5.74) is 1.76. The van der Waals surface area contributed by atoms with E-state index >= 15 is 0 Å². The van der Waals surface area contributed by atoms with Crippen LogP contribution in [0.2, 0.25) is 0 Å². The summed E-state index contributed by atoms with van der Waals surface area (Å²) in [5.74, 6) is -0.240. The van der Waals surface area contributed by atoms with Gasteiger partial charge in [-0.25, -0.2) is 4.39 Å². The van der Waals surface area contributed by atoms with Crippen LogP contribution in [0, 0.1) is 12.7 Å². The predicted molar refractivity (Wildman–Crippen MR) is 70.9 cm³/mol. The molecule has 94 valence electrons. The van der Waals surface area contributed by atoms with Crippen LogP contribution < -0.4 is 0 Å². The van der Waals surface area contributed by atoms with E-state index in [9.17, 15) is 9.50 Å². The van der Waals surface area contributed by atoms with Gasteiger partial charge in [-0.15, -0.1) is 0 Å². The molecule has 0 saturated carbocycles. The maximum atomic E-state index is 13.0. The summed E-state index contributed by atoms with van der Waals surface area (Å²) in [6.07, 6.45) is 0.475. The Morgan fingerprint density at radius 1 is 1.11 bits per heavy atom. The molecule has 1 N–H and O–H groups in total. The first-order valence-electron chi connectivity index (χ1n) is 6.02. The Morgan fingerprint density at radius 3 is 2.39 bits per heavy atom. The molecule has 2 rings (SSSR count). The lowest BCUT2D eigenvalue weighted by atomic mass is 9.87. The van der Waals surface area contributed by atoms with Crippen molar-refractivity contribution in [2.24, 2.45) is 0 Å². The zero-order valence-corrected chi connectivity index (χ0v) is 10.7. The number of rotatable bonds is 3. The Kier molecular flexibility index (Phi) is 3.48. The molecule has 2 aromatic carbocycles. The minimum atomic E-state index is -0.941. The molecule has 0 radical (unpaired) electrons.